The van der Waals surface area contributed by atoms with Gasteiger partial charge in [-0.05, 0) is 6.92 Å². The molecule has 1 N–H and O–H groups in total. The number of aromatic nitrogens is 4. The summed E-state index contributed by atoms with van der Waals surface area (Å²) in [5, 5.41) is 0. The average Bonchev–Trinajstić information content (AvgIpc) is 2.70. The van der Waals surface area contributed by atoms with E-state index in [1.807, 2.05) is 0 Å². The van der Waals surface area contributed by atoms with Gasteiger partial charge in [-0.25, -0.2) is 9.78 Å². The molecule has 1 unspecified atom stereocenters. The molecule has 7 heteroatoms. The van der Waals surface area contributed by atoms with Gasteiger partial charge in [0.2, 0.25) is 0 Å². The van der Waals surface area contributed by atoms with Crippen molar-refractivity contribution in [1.82, 2.24) is 19.1 Å². The third-order valence-corrected chi connectivity index (χ3v) is 2.56. The van der Waals surface area contributed by atoms with E-state index >= 15 is 0 Å². The maximum absolute atomic E-state index is 11.5. The SMILES string of the molecule is COC(C)n1cnc2c(=O)[nH]c(=O)n(C)c21. The molecule has 0 aliphatic rings. The number of methoxy groups -OCH3 is 1. The number of hydrogen-bond donors (Lipinski definition) is 1. The van der Waals surface area contributed by atoms with E-state index in [0.29, 0.717) is 5.65 Å². The van der Waals surface area contributed by atoms with Crippen LogP contribution in [0.1, 0.15) is 13.2 Å². The van der Waals surface area contributed by atoms with Gasteiger partial charge in [0.15, 0.2) is 11.2 Å². The molecule has 0 radical (unpaired) electrons. The standard InChI is InChI=1S/C9H12N4O3/c1-5(16-3)13-4-10-6-7(14)11-9(15)12(2)8(6)13/h4-5H,1-3H3,(H,11,14,15). The van der Waals surface area contributed by atoms with Crippen molar-refractivity contribution >= 4 is 11.2 Å². The van der Waals surface area contributed by atoms with Crippen LogP contribution in [0.3, 0.4) is 0 Å². The minimum absolute atomic E-state index is 0.228. The van der Waals surface area contributed by atoms with Crippen LogP contribution < -0.4 is 11.2 Å². The molecule has 2 rings (SSSR count). The van der Waals surface area contributed by atoms with E-state index in [1.165, 1.54) is 10.9 Å². The van der Waals surface area contributed by atoms with Crippen molar-refractivity contribution in [2.24, 2.45) is 7.05 Å². The topological polar surface area (TPSA) is 81.9 Å². The Hall–Kier alpha value is -1.89. The Bertz CT molecular complexity index is 636. The number of rotatable bonds is 2. The Morgan fingerprint density at radius 3 is 2.81 bits per heavy atom. The van der Waals surface area contributed by atoms with Crippen molar-refractivity contribution in [3.63, 3.8) is 0 Å². The van der Waals surface area contributed by atoms with E-state index in [-0.39, 0.29) is 11.7 Å². The van der Waals surface area contributed by atoms with Crippen LogP contribution in [-0.4, -0.2) is 26.2 Å². The van der Waals surface area contributed by atoms with Crippen LogP contribution in [0.2, 0.25) is 0 Å². The Labute approximate surface area is 90.3 Å². The van der Waals surface area contributed by atoms with Crippen LogP contribution in [0.5, 0.6) is 0 Å². The largest absolute Gasteiger partial charge is 0.361 e. The number of fused-ring (bicyclic) bond motifs is 1. The summed E-state index contributed by atoms with van der Waals surface area (Å²) < 4.78 is 8.10. The summed E-state index contributed by atoms with van der Waals surface area (Å²) in [6.07, 6.45) is 1.19. The van der Waals surface area contributed by atoms with Crippen LogP contribution in [0.4, 0.5) is 0 Å². The molecule has 0 bridgehead atoms. The van der Waals surface area contributed by atoms with Gasteiger partial charge in [-0.1, -0.05) is 0 Å². The summed E-state index contributed by atoms with van der Waals surface area (Å²) in [6.45, 7) is 1.80. The number of aryl methyl sites for hydroxylation is 1. The highest BCUT2D eigenvalue weighted by Gasteiger charge is 2.14. The maximum Gasteiger partial charge on any atom is 0.329 e. The van der Waals surface area contributed by atoms with Crippen molar-refractivity contribution in [3.8, 4) is 0 Å². The number of H-pyrrole nitrogens is 1. The molecule has 2 aromatic rings. The van der Waals surface area contributed by atoms with Gasteiger partial charge in [0.05, 0.1) is 6.33 Å². The minimum Gasteiger partial charge on any atom is -0.361 e. The second kappa shape index (κ2) is 3.60. The zero-order valence-corrected chi connectivity index (χ0v) is 9.22. The lowest BCUT2D eigenvalue weighted by Crippen LogP contribution is -2.29. The fourth-order valence-corrected chi connectivity index (χ4v) is 1.56. The highest BCUT2D eigenvalue weighted by atomic mass is 16.5. The summed E-state index contributed by atoms with van der Waals surface area (Å²) in [4.78, 5) is 29.1. The fraction of sp³-hybridized carbons (Fsp3) is 0.444. The molecule has 0 fully saturated rings. The van der Waals surface area contributed by atoms with Gasteiger partial charge in [0, 0.05) is 14.2 Å². The Kier molecular flexibility index (Phi) is 2.39. The first-order valence-electron chi connectivity index (χ1n) is 4.75. The Balaban J connectivity index is 2.90. The highest BCUT2D eigenvalue weighted by molar-refractivity contribution is 5.69. The van der Waals surface area contributed by atoms with Gasteiger partial charge < -0.3 is 4.74 Å². The van der Waals surface area contributed by atoms with E-state index in [4.69, 9.17) is 4.74 Å². The van der Waals surface area contributed by atoms with Gasteiger partial charge in [-0.3, -0.25) is 18.9 Å². The molecular weight excluding hydrogens is 212 g/mol. The van der Waals surface area contributed by atoms with Gasteiger partial charge in [-0.15, -0.1) is 0 Å². The first-order chi connectivity index (χ1) is 7.56. The molecule has 0 saturated heterocycles. The third-order valence-electron chi connectivity index (χ3n) is 2.56. The normalized spacial score (nSPS) is 13.2. The van der Waals surface area contributed by atoms with Gasteiger partial charge in [-0.2, -0.15) is 0 Å². The van der Waals surface area contributed by atoms with Crippen molar-refractivity contribution < 1.29 is 4.74 Å². The molecule has 16 heavy (non-hydrogen) atoms. The molecule has 2 aromatic heterocycles. The molecular formula is C9H12N4O3. The molecule has 0 saturated carbocycles. The first-order valence-corrected chi connectivity index (χ1v) is 4.75. The van der Waals surface area contributed by atoms with Crippen LogP contribution >= 0.6 is 0 Å². The quantitative estimate of drug-likeness (QED) is 0.751. The van der Waals surface area contributed by atoms with Gasteiger partial charge in [0.25, 0.3) is 5.56 Å². The fourth-order valence-electron chi connectivity index (χ4n) is 1.56. The lowest BCUT2D eigenvalue weighted by Gasteiger charge is -2.13. The molecule has 0 aliphatic carbocycles. The summed E-state index contributed by atoms with van der Waals surface area (Å²) in [7, 11) is 3.11. The van der Waals surface area contributed by atoms with Gasteiger partial charge >= 0.3 is 5.69 Å². The molecule has 0 amide bonds. The predicted molar refractivity (Wildman–Crippen MR) is 57.3 cm³/mol. The second-order valence-electron chi connectivity index (χ2n) is 3.48. The summed E-state index contributed by atoms with van der Waals surface area (Å²) in [5.74, 6) is 0. The highest BCUT2D eigenvalue weighted by Crippen LogP contribution is 2.13. The van der Waals surface area contributed by atoms with E-state index in [9.17, 15) is 9.59 Å². The maximum atomic E-state index is 11.5. The lowest BCUT2D eigenvalue weighted by molar-refractivity contribution is 0.0629. The van der Waals surface area contributed by atoms with Crippen LogP contribution in [0.25, 0.3) is 11.2 Å². The van der Waals surface area contributed by atoms with Crippen LogP contribution in [-0.2, 0) is 11.8 Å². The summed E-state index contributed by atoms with van der Waals surface area (Å²) in [5.41, 5.74) is -0.281. The van der Waals surface area contributed by atoms with E-state index in [2.05, 4.69) is 9.97 Å². The third kappa shape index (κ3) is 1.36. The van der Waals surface area contributed by atoms with Crippen molar-refractivity contribution in [1.29, 1.82) is 0 Å². The molecule has 0 aliphatic heterocycles. The number of nitrogens with one attached hydrogen (secondary N) is 1. The second-order valence-corrected chi connectivity index (χ2v) is 3.48. The van der Waals surface area contributed by atoms with Crippen LogP contribution in [0, 0.1) is 0 Å². The smallest absolute Gasteiger partial charge is 0.329 e. The van der Waals surface area contributed by atoms with E-state index < -0.39 is 11.2 Å². The van der Waals surface area contributed by atoms with Crippen molar-refractivity contribution in [3.05, 3.63) is 27.2 Å². The minimum atomic E-state index is -0.486. The molecule has 2 heterocycles. The summed E-state index contributed by atoms with van der Waals surface area (Å²) >= 11 is 0. The molecule has 0 aromatic carbocycles. The number of ether oxygens (including phenoxy) is 1. The molecule has 86 valence electrons. The Morgan fingerprint density at radius 1 is 1.50 bits per heavy atom. The molecule has 7 nitrogen and oxygen atoms in total. The number of aromatic amines is 1. The predicted octanol–water partition coefficient (Wildman–Crippen LogP) is -0.412. The van der Waals surface area contributed by atoms with E-state index in [0.717, 1.165) is 0 Å². The number of nitrogens with zero attached hydrogens (tertiary/aromatic N) is 3. The van der Waals surface area contributed by atoms with Gasteiger partial charge in [0.1, 0.15) is 6.23 Å². The van der Waals surface area contributed by atoms with Crippen molar-refractivity contribution in [2.75, 3.05) is 7.11 Å². The lowest BCUT2D eigenvalue weighted by atomic mass is 10.5. The van der Waals surface area contributed by atoms with Crippen molar-refractivity contribution in [2.45, 2.75) is 13.2 Å². The zero-order chi connectivity index (χ0) is 11.9. The molecule has 0 spiro atoms. The first kappa shape index (κ1) is 10.6. The number of imidazole rings is 1. The summed E-state index contributed by atoms with van der Waals surface area (Å²) in [6, 6.07) is 0. The van der Waals surface area contributed by atoms with E-state index in [1.54, 1.807) is 25.6 Å². The Morgan fingerprint density at radius 2 is 2.19 bits per heavy atom. The zero-order valence-electron chi connectivity index (χ0n) is 9.22. The number of hydrogen-bond acceptors (Lipinski definition) is 4. The molecule has 1 atom stereocenters. The monoisotopic (exact) mass is 224 g/mol. The average molecular weight is 224 g/mol. The van der Waals surface area contributed by atoms with Crippen LogP contribution in [0.15, 0.2) is 15.9 Å².